The van der Waals surface area contributed by atoms with Crippen LogP contribution in [0.2, 0.25) is 38.3 Å². The van der Waals surface area contributed by atoms with Crippen LogP contribution in [-0.4, -0.2) is 16.5 Å². The van der Waals surface area contributed by atoms with Crippen molar-refractivity contribution in [2.45, 2.75) is 38.3 Å². The molecule has 1 heterocycles. The second-order valence-corrected chi connectivity index (χ2v) is 13.4. The largest absolute Gasteiger partial charge is 1.00 e. The Kier molecular flexibility index (Phi) is 4.60. The van der Waals surface area contributed by atoms with Crippen molar-refractivity contribution >= 4 is 16.5 Å². The van der Waals surface area contributed by atoms with Crippen molar-refractivity contribution in [2.24, 2.45) is 0 Å². The molecule has 4 heteroatoms. The van der Waals surface area contributed by atoms with Crippen LogP contribution in [0, 0.1) is 0 Å². The summed E-state index contributed by atoms with van der Waals surface area (Å²) >= 11 is 0. The smallest absolute Gasteiger partial charge is 0.667 e. The molecule has 54 valence electrons. The van der Waals surface area contributed by atoms with E-state index in [0.717, 1.165) is 0 Å². The minimum absolute atomic E-state index is 0. The van der Waals surface area contributed by atoms with E-state index < -0.39 is 16.5 Å². The van der Waals surface area contributed by atoms with E-state index in [1.54, 1.807) is 0 Å². The Balaban J connectivity index is 0.000000810. The third-order valence-electron chi connectivity index (χ3n) is 1.95. The number of nitrogens with zero attached hydrogens (tertiary/aromatic N) is 1. The first-order valence-corrected chi connectivity index (χ1v) is 9.96. The van der Waals surface area contributed by atoms with Gasteiger partial charge in [-0.3, -0.25) is 0 Å². The molecule has 0 saturated carbocycles. The zero-order valence-corrected chi connectivity index (χ0v) is 13.0. The Hall–Kier alpha value is 2.03. The van der Waals surface area contributed by atoms with Crippen LogP contribution in [0.3, 0.4) is 0 Å². The average molecular weight is 197 g/mol. The van der Waals surface area contributed by atoms with Gasteiger partial charge in [-0.15, -0.1) is 0 Å². The zero-order valence-electron chi connectivity index (χ0n) is 7.86. The summed E-state index contributed by atoms with van der Waals surface area (Å²) in [6.45, 7) is 9.53. The van der Waals surface area contributed by atoms with Crippen LogP contribution in [-0.2, 0) is 0 Å². The van der Waals surface area contributed by atoms with E-state index in [2.05, 4.69) is 26.2 Å². The van der Waals surface area contributed by atoms with Gasteiger partial charge >= 0.3 is 51.4 Å². The van der Waals surface area contributed by atoms with E-state index in [0.29, 0.717) is 0 Å². The SMILES string of the molecule is C[Si]1(C)CC[Si](C)(C)[N-]1.[K+]. The fraction of sp³-hybridized carbons (Fsp3) is 1.00. The van der Waals surface area contributed by atoms with Crippen molar-refractivity contribution in [1.29, 1.82) is 0 Å². The van der Waals surface area contributed by atoms with Gasteiger partial charge in [0.05, 0.1) is 0 Å². The molecule has 1 rings (SSSR count). The van der Waals surface area contributed by atoms with Crippen LogP contribution >= 0.6 is 0 Å². The van der Waals surface area contributed by atoms with Gasteiger partial charge in [0.15, 0.2) is 0 Å². The van der Waals surface area contributed by atoms with E-state index in [-0.39, 0.29) is 51.4 Å². The average Bonchev–Trinajstić information content (AvgIpc) is 1.78. The number of rotatable bonds is 0. The molecule has 1 aliphatic heterocycles. The second kappa shape index (κ2) is 3.83. The molecular formula is C6H16KNSi2. The van der Waals surface area contributed by atoms with Crippen LogP contribution < -0.4 is 51.4 Å². The fourth-order valence-electron chi connectivity index (χ4n) is 1.54. The maximum absolute atomic E-state index is 4.93. The summed E-state index contributed by atoms with van der Waals surface area (Å²) in [6.07, 6.45) is 0. The molecule has 0 aromatic heterocycles. The summed E-state index contributed by atoms with van der Waals surface area (Å²) in [6, 6.07) is 2.90. The zero-order chi connectivity index (χ0) is 7.12. The van der Waals surface area contributed by atoms with Crippen molar-refractivity contribution in [3.63, 3.8) is 0 Å². The van der Waals surface area contributed by atoms with E-state index in [4.69, 9.17) is 4.65 Å². The quantitative estimate of drug-likeness (QED) is 0.477. The Bertz CT molecular complexity index is 111. The second-order valence-electron chi connectivity index (χ2n) is 4.24. The van der Waals surface area contributed by atoms with E-state index in [9.17, 15) is 0 Å². The predicted octanol–water partition coefficient (Wildman–Crippen LogP) is -0.212. The normalized spacial score (nSPS) is 27.6. The minimum atomic E-state index is -0.989. The summed E-state index contributed by atoms with van der Waals surface area (Å²) in [7, 11) is -1.98. The van der Waals surface area contributed by atoms with Crippen molar-refractivity contribution in [3.05, 3.63) is 4.65 Å². The van der Waals surface area contributed by atoms with Gasteiger partial charge in [-0.25, -0.2) is 0 Å². The molecule has 1 nitrogen and oxygen atoms in total. The molecule has 10 heavy (non-hydrogen) atoms. The van der Waals surface area contributed by atoms with Gasteiger partial charge in [-0.05, 0) is 0 Å². The molecule has 0 amide bonds. The fourth-order valence-corrected chi connectivity index (χ4v) is 13.9. The Morgan fingerprint density at radius 1 is 0.900 bits per heavy atom. The van der Waals surface area contributed by atoms with Crippen LogP contribution in [0.1, 0.15) is 0 Å². The summed E-state index contributed by atoms with van der Waals surface area (Å²) < 4.78 is 4.93. The number of hydrogen-bond donors (Lipinski definition) is 0. The van der Waals surface area contributed by atoms with Crippen LogP contribution in [0.5, 0.6) is 0 Å². The molecule has 1 fully saturated rings. The van der Waals surface area contributed by atoms with Gasteiger partial charge < -0.3 is 4.65 Å². The summed E-state index contributed by atoms with van der Waals surface area (Å²) in [5.41, 5.74) is 0. The maximum atomic E-state index is 4.93. The first-order chi connectivity index (χ1) is 3.91. The molecule has 0 radical (unpaired) electrons. The molecule has 0 aromatic rings. The standard InChI is InChI=1S/C6H16NSi2.K/c1-8(2)5-6-9(3,4)7-8;/h5-6H2,1-4H3;/q-1;+1. The molecule has 1 aliphatic rings. The van der Waals surface area contributed by atoms with Crippen LogP contribution in [0.25, 0.3) is 4.65 Å². The van der Waals surface area contributed by atoms with Crippen molar-refractivity contribution in [1.82, 2.24) is 0 Å². The summed E-state index contributed by atoms with van der Waals surface area (Å²) in [4.78, 5) is 0. The van der Waals surface area contributed by atoms with Gasteiger partial charge in [0.2, 0.25) is 0 Å². The van der Waals surface area contributed by atoms with Crippen LogP contribution in [0.4, 0.5) is 0 Å². The molecule has 0 N–H and O–H groups in total. The first-order valence-electron chi connectivity index (χ1n) is 3.65. The number of hydrogen-bond acceptors (Lipinski definition) is 0. The molecule has 1 saturated heterocycles. The monoisotopic (exact) mass is 197 g/mol. The van der Waals surface area contributed by atoms with E-state index in [1.165, 1.54) is 12.1 Å². The Labute approximate surface area is 109 Å². The van der Waals surface area contributed by atoms with Gasteiger partial charge in [-0.2, -0.15) is 0 Å². The molecule has 0 spiro atoms. The van der Waals surface area contributed by atoms with Gasteiger partial charge in [0.25, 0.3) is 0 Å². The minimum Gasteiger partial charge on any atom is -0.667 e. The van der Waals surface area contributed by atoms with E-state index in [1.807, 2.05) is 0 Å². The maximum Gasteiger partial charge on any atom is 1.00 e. The molecule has 0 bridgehead atoms. The summed E-state index contributed by atoms with van der Waals surface area (Å²) in [5, 5.41) is 0. The predicted molar refractivity (Wildman–Crippen MR) is 47.9 cm³/mol. The van der Waals surface area contributed by atoms with Crippen LogP contribution in [0.15, 0.2) is 0 Å². The Morgan fingerprint density at radius 2 is 1.20 bits per heavy atom. The molecule has 0 aliphatic carbocycles. The van der Waals surface area contributed by atoms with Gasteiger partial charge in [0.1, 0.15) is 0 Å². The van der Waals surface area contributed by atoms with E-state index >= 15 is 0 Å². The topological polar surface area (TPSA) is 14.1 Å². The van der Waals surface area contributed by atoms with Gasteiger partial charge in [-0.1, -0.05) is 54.7 Å². The first kappa shape index (κ1) is 12.0. The third-order valence-corrected chi connectivity index (χ3v) is 10.2. The van der Waals surface area contributed by atoms with Gasteiger partial charge in [0, 0.05) is 0 Å². The molecule has 0 aromatic carbocycles. The van der Waals surface area contributed by atoms with Crippen molar-refractivity contribution < 1.29 is 51.4 Å². The molecular weight excluding hydrogens is 181 g/mol. The Morgan fingerprint density at radius 3 is 1.30 bits per heavy atom. The summed E-state index contributed by atoms with van der Waals surface area (Å²) in [5.74, 6) is 0. The van der Waals surface area contributed by atoms with Crippen molar-refractivity contribution in [3.8, 4) is 0 Å². The third kappa shape index (κ3) is 3.62. The molecule has 0 unspecified atom stereocenters. The molecule has 0 atom stereocenters. The van der Waals surface area contributed by atoms with Crippen molar-refractivity contribution in [2.75, 3.05) is 0 Å².